The third-order valence-electron chi connectivity index (χ3n) is 2.74. The molecule has 0 aliphatic rings. The van der Waals surface area contributed by atoms with Crippen LogP contribution in [0.4, 0.5) is 4.39 Å². The van der Waals surface area contributed by atoms with Gasteiger partial charge in [-0.15, -0.1) is 0 Å². The van der Waals surface area contributed by atoms with Crippen molar-refractivity contribution in [2.75, 3.05) is 13.2 Å². The molecule has 2 aromatic rings. The maximum absolute atomic E-state index is 13.0. The highest BCUT2D eigenvalue weighted by atomic mass is 35.5. The average molecular weight is 281 g/mol. The lowest BCUT2D eigenvalue weighted by atomic mass is 10.0. The smallest absolute Gasteiger partial charge is 0.123 e. The van der Waals surface area contributed by atoms with E-state index in [2.05, 4.69) is 0 Å². The number of aliphatic hydroxyl groups is 1. The molecule has 2 nitrogen and oxygen atoms in total. The Bertz CT molecular complexity index is 528. The molecule has 2 aromatic carbocycles. The maximum atomic E-state index is 13.0. The summed E-state index contributed by atoms with van der Waals surface area (Å²) in [4.78, 5) is 0. The molecule has 0 bridgehead atoms. The molecule has 0 spiro atoms. The van der Waals surface area contributed by atoms with Crippen molar-refractivity contribution in [3.8, 4) is 0 Å². The van der Waals surface area contributed by atoms with Gasteiger partial charge in [0.1, 0.15) is 11.9 Å². The largest absolute Gasteiger partial charge is 0.394 e. The van der Waals surface area contributed by atoms with Crippen molar-refractivity contribution in [1.82, 2.24) is 0 Å². The van der Waals surface area contributed by atoms with Crippen molar-refractivity contribution in [2.45, 2.75) is 6.10 Å². The number of aliphatic hydroxyl groups excluding tert-OH is 1. The zero-order valence-corrected chi connectivity index (χ0v) is 11.0. The number of rotatable bonds is 5. The van der Waals surface area contributed by atoms with Gasteiger partial charge in [0, 0.05) is 10.6 Å². The lowest BCUT2D eigenvalue weighted by Crippen LogP contribution is -2.10. The van der Waals surface area contributed by atoms with E-state index in [9.17, 15) is 4.39 Å². The summed E-state index contributed by atoms with van der Waals surface area (Å²) < 4.78 is 18.6. The Morgan fingerprint density at radius 2 is 1.79 bits per heavy atom. The predicted octanol–water partition coefficient (Wildman–Crippen LogP) is 3.58. The molecule has 0 aliphatic carbocycles. The van der Waals surface area contributed by atoms with Gasteiger partial charge in [-0.25, -0.2) is 4.39 Å². The van der Waals surface area contributed by atoms with Crippen LogP contribution >= 0.6 is 11.6 Å². The van der Waals surface area contributed by atoms with Crippen LogP contribution in [0.5, 0.6) is 0 Å². The number of hydrogen-bond acceptors (Lipinski definition) is 2. The molecule has 0 fully saturated rings. The van der Waals surface area contributed by atoms with Gasteiger partial charge in [0.2, 0.25) is 0 Å². The molecular weight excluding hydrogens is 267 g/mol. The maximum Gasteiger partial charge on any atom is 0.123 e. The fourth-order valence-corrected chi connectivity index (χ4v) is 2.10. The van der Waals surface area contributed by atoms with Gasteiger partial charge in [-0.05, 0) is 23.8 Å². The van der Waals surface area contributed by atoms with E-state index in [1.165, 1.54) is 12.1 Å². The zero-order valence-electron chi connectivity index (χ0n) is 10.2. The van der Waals surface area contributed by atoms with E-state index in [1.54, 1.807) is 18.2 Å². The van der Waals surface area contributed by atoms with Crippen molar-refractivity contribution < 1.29 is 14.2 Å². The summed E-state index contributed by atoms with van der Waals surface area (Å²) in [5.41, 5.74) is 1.59. The minimum Gasteiger partial charge on any atom is -0.394 e. The normalized spacial score (nSPS) is 12.4. The van der Waals surface area contributed by atoms with Crippen LogP contribution in [0, 0.1) is 5.82 Å². The third kappa shape index (κ3) is 3.53. The van der Waals surface area contributed by atoms with Gasteiger partial charge >= 0.3 is 0 Å². The van der Waals surface area contributed by atoms with E-state index in [-0.39, 0.29) is 19.0 Å². The van der Waals surface area contributed by atoms with Crippen molar-refractivity contribution in [2.24, 2.45) is 0 Å². The SMILES string of the molecule is OCCOC(c1ccc(F)cc1)c1ccccc1Cl. The van der Waals surface area contributed by atoms with Gasteiger partial charge in [-0.1, -0.05) is 41.9 Å². The molecule has 0 saturated carbocycles. The first-order chi connectivity index (χ1) is 9.22. The van der Waals surface area contributed by atoms with Crippen LogP contribution in [0.3, 0.4) is 0 Å². The summed E-state index contributed by atoms with van der Waals surface area (Å²) in [6.45, 7) is 0.107. The Morgan fingerprint density at radius 1 is 1.11 bits per heavy atom. The summed E-state index contributed by atoms with van der Waals surface area (Å²) in [5.74, 6) is -0.302. The van der Waals surface area contributed by atoms with Crippen LogP contribution in [0.25, 0.3) is 0 Å². The van der Waals surface area contributed by atoms with Crippen molar-refractivity contribution >= 4 is 11.6 Å². The molecule has 19 heavy (non-hydrogen) atoms. The molecule has 0 radical (unpaired) electrons. The van der Waals surface area contributed by atoms with Crippen molar-refractivity contribution in [1.29, 1.82) is 0 Å². The second kappa shape index (κ2) is 6.66. The first-order valence-corrected chi connectivity index (χ1v) is 6.32. The Balaban J connectivity index is 2.35. The molecule has 4 heteroatoms. The summed E-state index contributed by atoms with van der Waals surface area (Å²) in [5, 5.41) is 9.48. The highest BCUT2D eigenvalue weighted by molar-refractivity contribution is 6.31. The fraction of sp³-hybridized carbons (Fsp3) is 0.200. The molecular formula is C15H14ClFO2. The Hall–Kier alpha value is -1.42. The van der Waals surface area contributed by atoms with E-state index in [0.717, 1.165) is 11.1 Å². The molecule has 0 saturated heterocycles. The van der Waals surface area contributed by atoms with E-state index in [0.29, 0.717) is 5.02 Å². The van der Waals surface area contributed by atoms with Crippen LogP contribution in [-0.2, 0) is 4.74 Å². The van der Waals surface area contributed by atoms with Crippen LogP contribution < -0.4 is 0 Å². The topological polar surface area (TPSA) is 29.5 Å². The predicted molar refractivity (Wildman–Crippen MR) is 72.7 cm³/mol. The van der Waals surface area contributed by atoms with Gasteiger partial charge < -0.3 is 9.84 Å². The van der Waals surface area contributed by atoms with E-state index in [1.807, 2.05) is 18.2 Å². The van der Waals surface area contributed by atoms with Gasteiger partial charge in [-0.3, -0.25) is 0 Å². The molecule has 2 rings (SSSR count). The van der Waals surface area contributed by atoms with Crippen molar-refractivity contribution in [3.63, 3.8) is 0 Å². The van der Waals surface area contributed by atoms with Crippen molar-refractivity contribution in [3.05, 3.63) is 70.5 Å². The molecule has 1 unspecified atom stereocenters. The van der Waals surface area contributed by atoms with Crippen LogP contribution in [0.15, 0.2) is 48.5 Å². The standard InChI is InChI=1S/C15H14ClFO2/c16-14-4-2-1-3-13(14)15(19-10-9-18)11-5-7-12(17)8-6-11/h1-8,15,18H,9-10H2. The Morgan fingerprint density at radius 3 is 2.42 bits per heavy atom. The number of halogens is 2. The second-order valence-electron chi connectivity index (χ2n) is 4.05. The monoisotopic (exact) mass is 280 g/mol. The lowest BCUT2D eigenvalue weighted by molar-refractivity contribution is 0.0501. The minimum absolute atomic E-state index is 0.0812. The summed E-state index contributed by atoms with van der Waals surface area (Å²) in [7, 11) is 0. The summed E-state index contributed by atoms with van der Waals surface area (Å²) in [6.07, 6.45) is -0.415. The number of benzene rings is 2. The molecule has 0 aliphatic heterocycles. The van der Waals surface area contributed by atoms with E-state index in [4.69, 9.17) is 21.4 Å². The third-order valence-corrected chi connectivity index (χ3v) is 3.08. The minimum atomic E-state index is -0.415. The summed E-state index contributed by atoms with van der Waals surface area (Å²) in [6, 6.07) is 13.4. The van der Waals surface area contributed by atoms with E-state index >= 15 is 0 Å². The van der Waals surface area contributed by atoms with E-state index < -0.39 is 6.10 Å². The van der Waals surface area contributed by atoms with Crippen LogP contribution in [0.1, 0.15) is 17.2 Å². The molecule has 1 atom stereocenters. The first-order valence-electron chi connectivity index (χ1n) is 5.94. The average Bonchev–Trinajstić information content (AvgIpc) is 2.43. The summed E-state index contributed by atoms with van der Waals surface area (Å²) >= 11 is 6.16. The fourth-order valence-electron chi connectivity index (χ4n) is 1.86. The molecule has 1 N–H and O–H groups in total. The van der Waals surface area contributed by atoms with Gasteiger partial charge in [0.25, 0.3) is 0 Å². The second-order valence-corrected chi connectivity index (χ2v) is 4.45. The first kappa shape index (κ1) is 14.0. The number of hydrogen-bond donors (Lipinski definition) is 1. The van der Waals surface area contributed by atoms with Gasteiger partial charge in [0.05, 0.1) is 13.2 Å². The lowest BCUT2D eigenvalue weighted by Gasteiger charge is -2.19. The molecule has 0 heterocycles. The quantitative estimate of drug-likeness (QED) is 0.907. The highest BCUT2D eigenvalue weighted by Gasteiger charge is 2.17. The van der Waals surface area contributed by atoms with Crippen LogP contribution in [0.2, 0.25) is 5.02 Å². The molecule has 100 valence electrons. The van der Waals surface area contributed by atoms with Gasteiger partial charge in [0.15, 0.2) is 0 Å². The highest BCUT2D eigenvalue weighted by Crippen LogP contribution is 2.31. The number of ether oxygens (including phenoxy) is 1. The molecule has 0 aromatic heterocycles. The van der Waals surface area contributed by atoms with Gasteiger partial charge in [-0.2, -0.15) is 0 Å². The Labute approximate surface area is 116 Å². The Kier molecular flexibility index (Phi) is 4.91. The van der Waals surface area contributed by atoms with Crippen LogP contribution in [-0.4, -0.2) is 18.3 Å². The molecule has 0 amide bonds. The zero-order chi connectivity index (χ0) is 13.7.